The lowest BCUT2D eigenvalue weighted by Crippen LogP contribution is -2.31. The number of hydrogen-bond donors (Lipinski definition) is 1. The average Bonchev–Trinajstić information content (AvgIpc) is 3.24. The van der Waals surface area contributed by atoms with E-state index >= 15 is 0 Å². The molecule has 0 fully saturated rings. The summed E-state index contributed by atoms with van der Waals surface area (Å²) in [7, 11) is -3.65. The number of thiophene rings is 1. The minimum atomic E-state index is -3.65. The summed E-state index contributed by atoms with van der Waals surface area (Å²) in [6.07, 6.45) is 0. The average molecular weight is 396 g/mol. The molecule has 7 heteroatoms. The maximum atomic E-state index is 13.1. The SMILES string of the molecule is N#Cc1cccc(C(=O)NCC(c2ccccc2)S(=O)(=O)c2cccs2)c1. The third-order valence-electron chi connectivity index (χ3n) is 4.02. The fraction of sp³-hybridized carbons (Fsp3) is 0.100. The van der Waals surface area contributed by atoms with Crippen LogP contribution in [0.1, 0.15) is 26.7 Å². The number of sulfone groups is 1. The smallest absolute Gasteiger partial charge is 0.251 e. The van der Waals surface area contributed by atoms with Crippen LogP contribution in [0.2, 0.25) is 0 Å². The monoisotopic (exact) mass is 396 g/mol. The lowest BCUT2D eigenvalue weighted by atomic mass is 10.1. The number of nitriles is 1. The first-order valence-electron chi connectivity index (χ1n) is 8.13. The molecular formula is C20H16N2O3S2. The zero-order valence-corrected chi connectivity index (χ0v) is 15.8. The number of carbonyl (C=O) groups is 1. The molecule has 5 nitrogen and oxygen atoms in total. The number of nitrogens with zero attached hydrogens (tertiary/aromatic N) is 1. The van der Waals surface area contributed by atoms with Crippen molar-refractivity contribution in [1.82, 2.24) is 5.32 Å². The molecule has 1 heterocycles. The molecule has 0 spiro atoms. The van der Waals surface area contributed by atoms with E-state index < -0.39 is 21.0 Å². The van der Waals surface area contributed by atoms with Crippen LogP contribution < -0.4 is 5.32 Å². The summed E-state index contributed by atoms with van der Waals surface area (Å²) in [5.74, 6) is -0.422. The molecule has 136 valence electrons. The summed E-state index contributed by atoms with van der Waals surface area (Å²) in [6.45, 7) is -0.0696. The topological polar surface area (TPSA) is 87.0 Å². The number of nitrogens with one attached hydrogen (secondary N) is 1. The Morgan fingerprint density at radius 3 is 2.52 bits per heavy atom. The zero-order chi connectivity index (χ0) is 19.3. The van der Waals surface area contributed by atoms with Gasteiger partial charge in [-0.05, 0) is 35.2 Å². The maximum Gasteiger partial charge on any atom is 0.251 e. The van der Waals surface area contributed by atoms with E-state index in [0.717, 1.165) is 11.3 Å². The van der Waals surface area contributed by atoms with Crippen molar-refractivity contribution in [2.24, 2.45) is 0 Å². The molecule has 0 saturated heterocycles. The normalized spacial score (nSPS) is 12.1. The van der Waals surface area contributed by atoms with E-state index in [9.17, 15) is 13.2 Å². The highest BCUT2D eigenvalue weighted by Crippen LogP contribution is 2.31. The van der Waals surface area contributed by atoms with Crippen LogP contribution in [-0.2, 0) is 9.84 Å². The fourth-order valence-electron chi connectivity index (χ4n) is 2.66. The van der Waals surface area contributed by atoms with E-state index in [1.165, 1.54) is 6.07 Å². The van der Waals surface area contributed by atoms with Crippen LogP contribution >= 0.6 is 11.3 Å². The second kappa shape index (κ2) is 8.16. The Bertz CT molecular complexity index is 1070. The lowest BCUT2D eigenvalue weighted by molar-refractivity contribution is 0.0953. The summed E-state index contributed by atoms with van der Waals surface area (Å²) in [6, 6.07) is 20.3. The maximum absolute atomic E-state index is 13.1. The van der Waals surface area contributed by atoms with Gasteiger partial charge in [0.05, 0.1) is 11.6 Å². The predicted octanol–water partition coefficient (Wildman–Crippen LogP) is 3.56. The van der Waals surface area contributed by atoms with Gasteiger partial charge in [0, 0.05) is 12.1 Å². The first-order valence-corrected chi connectivity index (χ1v) is 10.6. The summed E-state index contributed by atoms with van der Waals surface area (Å²) in [5, 5.41) is 12.5. The minimum Gasteiger partial charge on any atom is -0.350 e. The summed E-state index contributed by atoms with van der Waals surface area (Å²) in [5.41, 5.74) is 1.29. The molecule has 1 atom stereocenters. The molecule has 27 heavy (non-hydrogen) atoms. The van der Waals surface area contributed by atoms with Gasteiger partial charge in [0.1, 0.15) is 9.46 Å². The molecule has 0 radical (unpaired) electrons. The van der Waals surface area contributed by atoms with Crippen molar-refractivity contribution in [2.45, 2.75) is 9.46 Å². The predicted molar refractivity (Wildman–Crippen MR) is 104 cm³/mol. The van der Waals surface area contributed by atoms with Gasteiger partial charge in [0.25, 0.3) is 5.91 Å². The third kappa shape index (κ3) is 4.25. The van der Waals surface area contributed by atoms with Crippen LogP contribution in [0.5, 0.6) is 0 Å². The first-order chi connectivity index (χ1) is 13.0. The van der Waals surface area contributed by atoms with E-state index in [2.05, 4.69) is 5.32 Å². The van der Waals surface area contributed by atoms with Crippen LogP contribution in [0.4, 0.5) is 0 Å². The Balaban J connectivity index is 1.87. The Morgan fingerprint density at radius 2 is 1.85 bits per heavy atom. The molecule has 1 unspecified atom stereocenters. The minimum absolute atomic E-state index is 0.0696. The number of benzene rings is 2. The van der Waals surface area contributed by atoms with Crippen molar-refractivity contribution < 1.29 is 13.2 Å². The summed E-state index contributed by atoms with van der Waals surface area (Å²) in [4.78, 5) is 12.4. The Kier molecular flexibility index (Phi) is 5.69. The first kappa shape index (κ1) is 18.8. The Morgan fingerprint density at radius 1 is 1.07 bits per heavy atom. The van der Waals surface area contributed by atoms with E-state index in [0.29, 0.717) is 16.7 Å². The quantitative estimate of drug-likeness (QED) is 0.690. The molecule has 3 aromatic rings. The molecule has 0 bridgehead atoms. The zero-order valence-electron chi connectivity index (χ0n) is 14.2. The van der Waals surface area contributed by atoms with Gasteiger partial charge < -0.3 is 5.32 Å². The number of amides is 1. The van der Waals surface area contributed by atoms with Crippen molar-refractivity contribution in [3.8, 4) is 6.07 Å². The van der Waals surface area contributed by atoms with E-state index in [1.54, 1.807) is 60.0 Å². The van der Waals surface area contributed by atoms with Gasteiger partial charge in [0.2, 0.25) is 0 Å². The number of rotatable bonds is 6. The van der Waals surface area contributed by atoms with E-state index in [1.807, 2.05) is 12.1 Å². The highest BCUT2D eigenvalue weighted by Gasteiger charge is 2.30. The number of hydrogen-bond acceptors (Lipinski definition) is 5. The Labute approximate surface area is 161 Å². The van der Waals surface area contributed by atoms with Gasteiger partial charge in [-0.2, -0.15) is 5.26 Å². The van der Waals surface area contributed by atoms with Crippen LogP contribution in [0.3, 0.4) is 0 Å². The molecule has 3 rings (SSSR count). The van der Waals surface area contributed by atoms with Gasteiger partial charge >= 0.3 is 0 Å². The summed E-state index contributed by atoms with van der Waals surface area (Å²) < 4.78 is 26.4. The molecule has 2 aromatic carbocycles. The van der Waals surface area contributed by atoms with E-state index in [4.69, 9.17) is 5.26 Å². The number of carbonyl (C=O) groups excluding carboxylic acids is 1. The molecule has 0 aliphatic heterocycles. The van der Waals surface area contributed by atoms with Gasteiger partial charge in [-0.3, -0.25) is 4.79 Å². The molecule has 0 saturated carbocycles. The fourth-order valence-corrected chi connectivity index (χ4v) is 5.52. The van der Waals surface area contributed by atoms with Crippen LogP contribution in [0.15, 0.2) is 76.3 Å². The molecule has 1 N–H and O–H groups in total. The third-order valence-corrected chi connectivity index (χ3v) is 7.56. The van der Waals surface area contributed by atoms with Crippen molar-refractivity contribution in [3.05, 3.63) is 88.8 Å². The highest BCUT2D eigenvalue weighted by molar-refractivity contribution is 7.93. The molecule has 1 aromatic heterocycles. The van der Waals surface area contributed by atoms with Gasteiger partial charge in [-0.15, -0.1) is 11.3 Å². The van der Waals surface area contributed by atoms with E-state index in [-0.39, 0.29) is 10.8 Å². The van der Waals surface area contributed by atoms with Crippen LogP contribution in [0.25, 0.3) is 0 Å². The highest BCUT2D eigenvalue weighted by atomic mass is 32.2. The largest absolute Gasteiger partial charge is 0.350 e. The van der Waals surface area contributed by atoms with Gasteiger partial charge in [-0.1, -0.05) is 42.5 Å². The Hall–Kier alpha value is -2.95. The van der Waals surface area contributed by atoms with Crippen molar-refractivity contribution in [3.63, 3.8) is 0 Å². The summed E-state index contributed by atoms with van der Waals surface area (Å²) >= 11 is 1.15. The van der Waals surface area contributed by atoms with Crippen molar-refractivity contribution in [1.29, 1.82) is 5.26 Å². The van der Waals surface area contributed by atoms with Gasteiger partial charge in [-0.25, -0.2) is 8.42 Å². The molecular weight excluding hydrogens is 380 g/mol. The van der Waals surface area contributed by atoms with Gasteiger partial charge in [0.15, 0.2) is 9.84 Å². The molecule has 0 aliphatic carbocycles. The van der Waals surface area contributed by atoms with Crippen LogP contribution in [-0.4, -0.2) is 20.9 Å². The lowest BCUT2D eigenvalue weighted by Gasteiger charge is -2.18. The second-order valence-electron chi connectivity index (χ2n) is 5.78. The molecule has 0 aliphatic rings. The van der Waals surface area contributed by atoms with Crippen LogP contribution in [0, 0.1) is 11.3 Å². The second-order valence-corrected chi connectivity index (χ2v) is 9.08. The standard InChI is InChI=1S/C20H16N2O3S2/c21-13-15-6-4-9-17(12-15)20(23)22-14-18(16-7-2-1-3-8-16)27(24,25)19-10-5-11-26-19/h1-12,18H,14H2,(H,22,23). The van der Waals surface area contributed by atoms with Crippen molar-refractivity contribution in [2.75, 3.05) is 6.54 Å². The molecule has 1 amide bonds. The van der Waals surface area contributed by atoms with Crippen molar-refractivity contribution >= 4 is 27.1 Å².